The Morgan fingerprint density at radius 2 is 2.25 bits per heavy atom. The van der Waals surface area contributed by atoms with Crippen molar-refractivity contribution in [2.75, 3.05) is 7.11 Å². The Balaban J connectivity index is 2.38. The topological polar surface area (TPSA) is 55.0 Å². The number of hydrogen-bond donors (Lipinski definition) is 1. The second-order valence-electron chi connectivity index (χ2n) is 3.43. The van der Waals surface area contributed by atoms with E-state index in [0.717, 1.165) is 11.3 Å². The molecule has 0 aliphatic carbocycles. The van der Waals surface area contributed by atoms with Crippen LogP contribution in [0.4, 0.5) is 0 Å². The number of nitrogens with zero attached hydrogens (tertiary/aromatic N) is 1. The summed E-state index contributed by atoms with van der Waals surface area (Å²) < 4.78 is 5.12. The molecule has 1 aromatic heterocycles. The molecule has 0 atom stereocenters. The fourth-order valence-corrected chi connectivity index (χ4v) is 1.42. The van der Waals surface area contributed by atoms with Gasteiger partial charge in [0.2, 0.25) is 0 Å². The zero-order chi connectivity index (χ0) is 11.5. The van der Waals surface area contributed by atoms with Crippen LogP contribution in [0.2, 0.25) is 0 Å². The van der Waals surface area contributed by atoms with Crippen molar-refractivity contribution in [1.82, 2.24) is 9.97 Å². The number of aromatic amines is 1. The van der Waals surface area contributed by atoms with Gasteiger partial charge in [-0.3, -0.25) is 4.79 Å². The van der Waals surface area contributed by atoms with Crippen LogP contribution in [-0.2, 0) is 0 Å². The molecule has 0 aliphatic rings. The summed E-state index contributed by atoms with van der Waals surface area (Å²) in [6, 6.07) is 7.51. The fraction of sp³-hybridized carbons (Fsp3) is 0.167. The summed E-state index contributed by atoms with van der Waals surface area (Å²) in [5.41, 5.74) is 1.41. The standard InChI is InChI=1S/C12H12N2O2/c1-8(15)11-7-13-12(14-11)9-4-3-5-10(6-9)16-2/h3-7H,1-2H3,(H,13,14). The first-order chi connectivity index (χ1) is 7.70. The normalized spacial score (nSPS) is 10.1. The molecule has 4 nitrogen and oxygen atoms in total. The van der Waals surface area contributed by atoms with Crippen molar-refractivity contribution in [1.29, 1.82) is 0 Å². The lowest BCUT2D eigenvalue weighted by Gasteiger charge is -2.01. The molecule has 0 saturated heterocycles. The summed E-state index contributed by atoms with van der Waals surface area (Å²) in [6.07, 6.45) is 1.54. The molecule has 0 unspecified atom stereocenters. The molecule has 16 heavy (non-hydrogen) atoms. The van der Waals surface area contributed by atoms with Crippen molar-refractivity contribution < 1.29 is 9.53 Å². The first-order valence-corrected chi connectivity index (χ1v) is 4.91. The van der Waals surface area contributed by atoms with Gasteiger partial charge in [-0.15, -0.1) is 0 Å². The largest absolute Gasteiger partial charge is 0.497 e. The second-order valence-corrected chi connectivity index (χ2v) is 3.43. The number of H-pyrrole nitrogens is 1. The maximum atomic E-state index is 11.1. The number of rotatable bonds is 3. The predicted octanol–water partition coefficient (Wildman–Crippen LogP) is 2.29. The summed E-state index contributed by atoms with van der Waals surface area (Å²) in [5.74, 6) is 1.41. The minimum atomic E-state index is -0.0263. The molecule has 82 valence electrons. The molecule has 1 N–H and O–H groups in total. The molecule has 1 heterocycles. The first-order valence-electron chi connectivity index (χ1n) is 4.91. The van der Waals surface area contributed by atoms with Crippen LogP contribution in [0.15, 0.2) is 30.5 Å². The molecule has 0 amide bonds. The third kappa shape index (κ3) is 1.95. The number of nitrogens with one attached hydrogen (secondary N) is 1. The van der Waals surface area contributed by atoms with E-state index in [4.69, 9.17) is 4.74 Å². The highest BCUT2D eigenvalue weighted by molar-refractivity contribution is 5.92. The second kappa shape index (κ2) is 4.18. The van der Waals surface area contributed by atoms with E-state index in [2.05, 4.69) is 9.97 Å². The van der Waals surface area contributed by atoms with Crippen LogP contribution < -0.4 is 4.74 Å². The smallest absolute Gasteiger partial charge is 0.177 e. The molecule has 0 spiro atoms. The predicted molar refractivity (Wildman–Crippen MR) is 60.6 cm³/mol. The quantitative estimate of drug-likeness (QED) is 0.801. The number of benzene rings is 1. The highest BCUT2D eigenvalue weighted by atomic mass is 16.5. The van der Waals surface area contributed by atoms with Gasteiger partial charge in [-0.1, -0.05) is 12.1 Å². The number of Topliss-reactive ketones (excluding diaryl/α,β-unsaturated/α-hetero) is 1. The van der Waals surface area contributed by atoms with Crippen LogP contribution in [0.1, 0.15) is 17.4 Å². The van der Waals surface area contributed by atoms with Crippen LogP contribution in [0, 0.1) is 0 Å². The van der Waals surface area contributed by atoms with Gasteiger partial charge < -0.3 is 9.72 Å². The number of ketones is 1. The molecule has 0 aliphatic heterocycles. The van der Waals surface area contributed by atoms with Gasteiger partial charge in [0, 0.05) is 12.5 Å². The van der Waals surface area contributed by atoms with E-state index in [-0.39, 0.29) is 5.78 Å². The molecule has 0 saturated carbocycles. The summed E-state index contributed by atoms with van der Waals surface area (Å²) in [5, 5.41) is 0. The van der Waals surface area contributed by atoms with Crippen molar-refractivity contribution in [3.63, 3.8) is 0 Å². The van der Waals surface area contributed by atoms with Crippen molar-refractivity contribution in [3.8, 4) is 17.1 Å². The summed E-state index contributed by atoms with van der Waals surface area (Å²) in [4.78, 5) is 18.2. The average molecular weight is 216 g/mol. The molecule has 0 bridgehead atoms. The molecular formula is C12H12N2O2. The first kappa shape index (κ1) is 10.4. The van der Waals surface area contributed by atoms with Crippen LogP contribution >= 0.6 is 0 Å². The Labute approximate surface area is 93.3 Å². The van der Waals surface area contributed by atoms with Crippen LogP contribution in [0.25, 0.3) is 11.4 Å². The van der Waals surface area contributed by atoms with E-state index >= 15 is 0 Å². The van der Waals surface area contributed by atoms with E-state index in [9.17, 15) is 4.79 Å². The molecule has 0 radical (unpaired) electrons. The van der Waals surface area contributed by atoms with Gasteiger partial charge in [-0.2, -0.15) is 0 Å². The monoisotopic (exact) mass is 216 g/mol. The fourth-order valence-electron chi connectivity index (χ4n) is 1.42. The molecule has 1 aromatic carbocycles. The van der Waals surface area contributed by atoms with E-state index in [1.54, 1.807) is 7.11 Å². The van der Waals surface area contributed by atoms with Crippen LogP contribution in [0.5, 0.6) is 5.75 Å². The summed E-state index contributed by atoms with van der Waals surface area (Å²) >= 11 is 0. The number of carbonyl (C=O) groups is 1. The maximum Gasteiger partial charge on any atom is 0.177 e. The zero-order valence-corrected chi connectivity index (χ0v) is 9.15. The summed E-state index contributed by atoms with van der Waals surface area (Å²) in [7, 11) is 1.61. The lowest BCUT2D eigenvalue weighted by atomic mass is 10.2. The SMILES string of the molecule is COc1cccc(-c2ncc(C(C)=O)[nH]2)c1. The van der Waals surface area contributed by atoms with Gasteiger partial charge in [0.05, 0.1) is 13.3 Å². The highest BCUT2D eigenvalue weighted by Crippen LogP contribution is 2.21. The molecule has 2 aromatic rings. The van der Waals surface area contributed by atoms with Crippen molar-refractivity contribution in [2.24, 2.45) is 0 Å². The Hall–Kier alpha value is -2.10. The molecular weight excluding hydrogens is 204 g/mol. The van der Waals surface area contributed by atoms with Crippen LogP contribution in [0.3, 0.4) is 0 Å². The molecule has 0 fully saturated rings. The van der Waals surface area contributed by atoms with Crippen molar-refractivity contribution in [2.45, 2.75) is 6.92 Å². The Kier molecular flexibility index (Phi) is 2.72. The van der Waals surface area contributed by atoms with E-state index in [1.165, 1.54) is 13.1 Å². The number of hydrogen-bond acceptors (Lipinski definition) is 3. The summed E-state index contributed by atoms with van der Waals surface area (Å²) in [6.45, 7) is 1.50. The van der Waals surface area contributed by atoms with Gasteiger partial charge >= 0.3 is 0 Å². The van der Waals surface area contributed by atoms with Crippen molar-refractivity contribution in [3.05, 3.63) is 36.2 Å². The number of imidazole rings is 1. The average Bonchev–Trinajstić information content (AvgIpc) is 2.78. The number of ether oxygens (including phenoxy) is 1. The van der Waals surface area contributed by atoms with E-state index < -0.39 is 0 Å². The van der Waals surface area contributed by atoms with Crippen LogP contribution in [-0.4, -0.2) is 22.9 Å². The van der Waals surface area contributed by atoms with E-state index in [0.29, 0.717) is 11.5 Å². The Bertz CT molecular complexity index is 517. The lowest BCUT2D eigenvalue weighted by molar-refractivity contribution is 0.101. The number of methoxy groups -OCH3 is 1. The third-order valence-electron chi connectivity index (χ3n) is 2.30. The molecule has 4 heteroatoms. The zero-order valence-electron chi connectivity index (χ0n) is 9.15. The van der Waals surface area contributed by atoms with E-state index in [1.807, 2.05) is 24.3 Å². The van der Waals surface area contributed by atoms with Gasteiger partial charge in [0.1, 0.15) is 17.3 Å². The third-order valence-corrected chi connectivity index (χ3v) is 2.30. The Morgan fingerprint density at radius 3 is 2.88 bits per heavy atom. The number of aromatic nitrogens is 2. The van der Waals surface area contributed by atoms with Gasteiger partial charge in [-0.05, 0) is 12.1 Å². The minimum Gasteiger partial charge on any atom is -0.497 e. The lowest BCUT2D eigenvalue weighted by Crippen LogP contribution is -1.91. The van der Waals surface area contributed by atoms with Gasteiger partial charge in [-0.25, -0.2) is 4.98 Å². The Morgan fingerprint density at radius 1 is 1.44 bits per heavy atom. The van der Waals surface area contributed by atoms with Gasteiger partial charge in [0.25, 0.3) is 0 Å². The molecule has 2 rings (SSSR count). The number of carbonyl (C=O) groups excluding carboxylic acids is 1. The van der Waals surface area contributed by atoms with Crippen molar-refractivity contribution >= 4 is 5.78 Å². The maximum absolute atomic E-state index is 11.1. The van der Waals surface area contributed by atoms with Gasteiger partial charge in [0.15, 0.2) is 5.78 Å². The highest BCUT2D eigenvalue weighted by Gasteiger charge is 2.06. The minimum absolute atomic E-state index is 0.0263.